The molecule has 0 radical (unpaired) electrons. The number of nitrogens with one attached hydrogen (secondary N) is 1. The normalized spacial score (nSPS) is 16.2. The average Bonchev–Trinajstić information content (AvgIpc) is 3.01. The highest BCUT2D eigenvalue weighted by atomic mass is 15.5. The van der Waals surface area contributed by atoms with Gasteiger partial charge in [0.25, 0.3) is 0 Å². The van der Waals surface area contributed by atoms with Crippen LogP contribution in [0.1, 0.15) is 54.2 Å². The van der Waals surface area contributed by atoms with Crippen molar-refractivity contribution in [2.75, 3.05) is 13.1 Å². The van der Waals surface area contributed by atoms with Gasteiger partial charge in [-0.25, -0.2) is 4.68 Å². The Morgan fingerprint density at radius 1 is 1.00 bits per heavy atom. The number of quaternary nitrogens is 1. The van der Waals surface area contributed by atoms with Crippen LogP contribution in [0.2, 0.25) is 0 Å². The third-order valence-corrected chi connectivity index (χ3v) is 5.50. The molecule has 1 aliphatic heterocycles. The molecule has 0 bridgehead atoms. The second kappa shape index (κ2) is 8.77. The highest BCUT2D eigenvalue weighted by Crippen LogP contribution is 2.20. The first-order valence-corrected chi connectivity index (χ1v) is 10.00. The number of likely N-dealkylation sites (tertiary alicyclic amines) is 1. The number of benzene rings is 2. The second-order valence-corrected chi connectivity index (χ2v) is 7.42. The van der Waals surface area contributed by atoms with Crippen LogP contribution in [-0.4, -0.2) is 33.3 Å². The molecule has 1 atom stereocenters. The maximum Gasteiger partial charge on any atom is 0.214 e. The summed E-state index contributed by atoms with van der Waals surface area (Å²) in [5.41, 5.74) is 2.96. The Labute approximate surface area is 165 Å². The molecule has 1 aromatic heterocycles. The van der Waals surface area contributed by atoms with Gasteiger partial charge in [0.15, 0.2) is 6.04 Å². The predicted octanol–water partition coefficient (Wildman–Crippen LogP) is 2.14. The summed E-state index contributed by atoms with van der Waals surface area (Å²) in [5.74, 6) is 0.871. The largest absolute Gasteiger partial charge is 0.322 e. The van der Waals surface area contributed by atoms with Gasteiger partial charge in [-0.1, -0.05) is 42.5 Å². The minimum Gasteiger partial charge on any atom is -0.322 e. The highest BCUT2D eigenvalue weighted by molar-refractivity contribution is 5.35. The van der Waals surface area contributed by atoms with Gasteiger partial charge >= 0.3 is 0 Å². The van der Waals surface area contributed by atoms with Crippen LogP contribution in [0.25, 0.3) is 0 Å². The van der Waals surface area contributed by atoms with Gasteiger partial charge in [0.2, 0.25) is 5.82 Å². The number of nitriles is 1. The minimum atomic E-state index is 0.0325. The van der Waals surface area contributed by atoms with Gasteiger partial charge in [0, 0.05) is 5.56 Å². The van der Waals surface area contributed by atoms with E-state index in [1.807, 2.05) is 41.1 Å². The molecule has 3 aromatic rings. The molecule has 0 aliphatic carbocycles. The summed E-state index contributed by atoms with van der Waals surface area (Å²) in [7, 11) is 0. The molecule has 0 unspecified atom stereocenters. The van der Waals surface area contributed by atoms with Crippen molar-refractivity contribution < 1.29 is 4.90 Å². The van der Waals surface area contributed by atoms with Crippen LogP contribution in [0, 0.1) is 11.3 Å². The first kappa shape index (κ1) is 18.3. The summed E-state index contributed by atoms with van der Waals surface area (Å²) >= 11 is 0. The van der Waals surface area contributed by atoms with Gasteiger partial charge in [-0.3, -0.25) is 0 Å². The fraction of sp³-hybridized carbons (Fsp3) is 0.364. The predicted molar refractivity (Wildman–Crippen MR) is 106 cm³/mol. The van der Waals surface area contributed by atoms with Crippen molar-refractivity contribution in [3.8, 4) is 6.07 Å². The molecule has 142 valence electrons. The summed E-state index contributed by atoms with van der Waals surface area (Å²) in [6.45, 7) is 2.84. The highest BCUT2D eigenvalue weighted by Gasteiger charge is 2.32. The number of hydrogen-bond acceptors (Lipinski definition) is 4. The number of hydrogen-bond donors (Lipinski definition) is 1. The van der Waals surface area contributed by atoms with E-state index < -0.39 is 0 Å². The minimum absolute atomic E-state index is 0.0325. The molecule has 1 saturated heterocycles. The van der Waals surface area contributed by atoms with Crippen molar-refractivity contribution in [2.45, 2.75) is 38.3 Å². The van der Waals surface area contributed by atoms with E-state index in [0.717, 1.165) is 24.5 Å². The maximum absolute atomic E-state index is 9.38. The van der Waals surface area contributed by atoms with E-state index in [0.29, 0.717) is 12.1 Å². The zero-order valence-corrected chi connectivity index (χ0v) is 16.0. The lowest BCUT2D eigenvalue weighted by atomic mass is 10.0. The molecule has 4 rings (SSSR count). The lowest BCUT2D eigenvalue weighted by Gasteiger charge is -2.27. The molecule has 0 saturated carbocycles. The molecule has 0 amide bonds. The fourth-order valence-corrected chi connectivity index (χ4v) is 4.11. The fourth-order valence-electron chi connectivity index (χ4n) is 4.11. The standard InChI is InChI=1S/C22H24N6/c23-16-19-11-8-12-20(15-19)21(27-13-6-1-2-7-14-27)22-24-25-26-28(22)17-18-9-4-3-5-10-18/h3-5,8-12,15,21H,1-2,6-7,13-14,17H2/p+1/t21-/m0/s1. The molecule has 6 heteroatoms. The van der Waals surface area contributed by atoms with Gasteiger partial charge in [-0.15, -0.1) is 5.10 Å². The number of rotatable bonds is 5. The third kappa shape index (κ3) is 4.10. The topological polar surface area (TPSA) is 71.8 Å². The first-order valence-electron chi connectivity index (χ1n) is 10.00. The molecule has 6 nitrogen and oxygen atoms in total. The summed E-state index contributed by atoms with van der Waals surface area (Å²) in [5, 5.41) is 22.1. The lowest BCUT2D eigenvalue weighted by molar-refractivity contribution is -0.925. The molecule has 1 fully saturated rings. The second-order valence-electron chi connectivity index (χ2n) is 7.42. The summed E-state index contributed by atoms with van der Waals surface area (Å²) < 4.78 is 1.91. The summed E-state index contributed by atoms with van der Waals surface area (Å²) in [6, 6.07) is 20.5. The Hall–Kier alpha value is -3.04. The summed E-state index contributed by atoms with van der Waals surface area (Å²) in [6.07, 6.45) is 4.99. The van der Waals surface area contributed by atoms with E-state index in [2.05, 4.69) is 39.8 Å². The van der Waals surface area contributed by atoms with Crippen LogP contribution in [0.4, 0.5) is 0 Å². The van der Waals surface area contributed by atoms with E-state index in [1.54, 1.807) is 0 Å². The molecule has 2 heterocycles. The Kier molecular flexibility index (Phi) is 5.74. The smallest absolute Gasteiger partial charge is 0.214 e. The van der Waals surface area contributed by atoms with Crippen molar-refractivity contribution in [2.24, 2.45) is 0 Å². The molecule has 1 aliphatic rings. The Morgan fingerprint density at radius 2 is 1.79 bits per heavy atom. The Bertz CT molecular complexity index is 935. The van der Waals surface area contributed by atoms with Crippen LogP contribution in [0.15, 0.2) is 54.6 Å². The van der Waals surface area contributed by atoms with Crippen LogP contribution >= 0.6 is 0 Å². The quantitative estimate of drug-likeness (QED) is 0.744. The van der Waals surface area contributed by atoms with Crippen LogP contribution < -0.4 is 4.90 Å². The van der Waals surface area contributed by atoms with E-state index in [4.69, 9.17) is 0 Å². The van der Waals surface area contributed by atoms with Crippen LogP contribution in [0.5, 0.6) is 0 Å². The first-order chi connectivity index (χ1) is 13.8. The van der Waals surface area contributed by atoms with Crippen molar-refractivity contribution in [1.82, 2.24) is 20.2 Å². The van der Waals surface area contributed by atoms with Gasteiger partial charge in [0.1, 0.15) is 0 Å². The monoisotopic (exact) mass is 373 g/mol. The number of tetrazole rings is 1. The van der Waals surface area contributed by atoms with E-state index in [-0.39, 0.29) is 6.04 Å². The Balaban J connectivity index is 1.73. The van der Waals surface area contributed by atoms with Crippen LogP contribution in [0.3, 0.4) is 0 Å². The van der Waals surface area contributed by atoms with E-state index in [1.165, 1.54) is 36.1 Å². The van der Waals surface area contributed by atoms with Crippen molar-refractivity contribution >= 4 is 0 Å². The average molecular weight is 373 g/mol. The molecular weight excluding hydrogens is 348 g/mol. The van der Waals surface area contributed by atoms with Gasteiger partial charge in [-0.05, 0) is 53.8 Å². The van der Waals surface area contributed by atoms with Gasteiger partial charge in [-0.2, -0.15) is 5.26 Å². The molecule has 2 aromatic carbocycles. The molecule has 28 heavy (non-hydrogen) atoms. The SMILES string of the molecule is N#Cc1cccc([C@@H](c2nnnn2Cc2ccccc2)[NH+]2CCCCCC2)c1. The van der Waals surface area contributed by atoms with Crippen molar-refractivity contribution in [3.63, 3.8) is 0 Å². The zero-order valence-electron chi connectivity index (χ0n) is 16.0. The molecule has 1 N–H and O–H groups in total. The lowest BCUT2D eigenvalue weighted by Crippen LogP contribution is -3.12. The van der Waals surface area contributed by atoms with E-state index >= 15 is 0 Å². The number of nitrogens with zero attached hydrogens (tertiary/aromatic N) is 5. The van der Waals surface area contributed by atoms with Crippen molar-refractivity contribution in [1.29, 1.82) is 5.26 Å². The number of aromatic nitrogens is 4. The maximum atomic E-state index is 9.38. The molecular formula is C22H25N6+. The summed E-state index contributed by atoms with van der Waals surface area (Å²) in [4.78, 5) is 1.48. The third-order valence-electron chi connectivity index (χ3n) is 5.50. The van der Waals surface area contributed by atoms with E-state index in [9.17, 15) is 5.26 Å². The molecule has 0 spiro atoms. The van der Waals surface area contributed by atoms with Gasteiger partial charge < -0.3 is 4.90 Å². The zero-order chi connectivity index (χ0) is 19.2. The van der Waals surface area contributed by atoms with Crippen molar-refractivity contribution in [3.05, 3.63) is 77.1 Å². The Morgan fingerprint density at radius 3 is 2.54 bits per heavy atom. The van der Waals surface area contributed by atoms with Gasteiger partial charge in [0.05, 0.1) is 31.3 Å². The van der Waals surface area contributed by atoms with Crippen LogP contribution in [-0.2, 0) is 6.54 Å².